The molecule has 1 nitrogen and oxygen atoms in total. The van der Waals surface area contributed by atoms with Crippen LogP contribution < -0.4 is 0 Å². The standard InChI is InChI=1S/C25H29FOS2/c1-17(2)29-25-13-6-4-9-22(25)24(27)12-5-3-8-19(28)16-18-14-15-21-20(18)10-7-11-23(21)26/h4,6-7,9-11,13,17-18H,3,5,8,12,14-16H2,1-2H3. The summed E-state index contributed by atoms with van der Waals surface area (Å²) < 4.78 is 13.9. The molecule has 0 fully saturated rings. The van der Waals surface area contributed by atoms with E-state index in [1.54, 1.807) is 23.9 Å². The predicted molar refractivity (Wildman–Crippen MR) is 125 cm³/mol. The monoisotopic (exact) mass is 428 g/mol. The Hall–Kier alpha value is -1.52. The third kappa shape index (κ3) is 5.99. The first kappa shape index (κ1) is 22.2. The van der Waals surface area contributed by atoms with Gasteiger partial charge < -0.3 is 0 Å². The number of unbranched alkanes of at least 4 members (excludes halogenated alkanes) is 1. The molecule has 0 bridgehead atoms. The minimum Gasteiger partial charge on any atom is -0.294 e. The van der Waals surface area contributed by atoms with Gasteiger partial charge in [0.05, 0.1) is 0 Å². The molecule has 0 spiro atoms. The fourth-order valence-electron chi connectivity index (χ4n) is 4.08. The van der Waals surface area contributed by atoms with E-state index in [9.17, 15) is 9.18 Å². The molecule has 3 rings (SSSR count). The van der Waals surface area contributed by atoms with E-state index in [0.717, 1.165) is 65.0 Å². The molecule has 154 valence electrons. The van der Waals surface area contributed by atoms with Crippen molar-refractivity contribution in [3.8, 4) is 0 Å². The SMILES string of the molecule is CC(C)Sc1ccccc1C(=O)CCCCC(=S)CC1CCc2c(F)cccc21. The number of carbonyl (C=O) groups is 1. The second-order valence-corrected chi connectivity index (χ2v) is 10.3. The van der Waals surface area contributed by atoms with Crippen LogP contribution in [-0.2, 0) is 6.42 Å². The Labute approximate surface area is 183 Å². The summed E-state index contributed by atoms with van der Waals surface area (Å²) in [4.78, 5) is 14.8. The van der Waals surface area contributed by atoms with Crippen LogP contribution in [0.25, 0.3) is 0 Å². The van der Waals surface area contributed by atoms with Crippen molar-refractivity contribution in [2.24, 2.45) is 0 Å². The summed E-state index contributed by atoms with van der Waals surface area (Å²) in [6, 6.07) is 13.3. The van der Waals surface area contributed by atoms with E-state index in [4.69, 9.17) is 12.2 Å². The molecule has 4 heteroatoms. The molecule has 1 aliphatic carbocycles. The maximum Gasteiger partial charge on any atom is 0.163 e. The molecule has 1 unspecified atom stereocenters. The smallest absolute Gasteiger partial charge is 0.163 e. The van der Waals surface area contributed by atoms with Gasteiger partial charge in [-0.1, -0.05) is 56.4 Å². The molecular weight excluding hydrogens is 399 g/mol. The highest BCUT2D eigenvalue weighted by molar-refractivity contribution is 8.00. The number of rotatable bonds is 10. The van der Waals surface area contributed by atoms with Crippen molar-refractivity contribution < 1.29 is 9.18 Å². The van der Waals surface area contributed by atoms with Gasteiger partial charge in [-0.3, -0.25) is 4.79 Å². The van der Waals surface area contributed by atoms with Gasteiger partial charge in [-0.15, -0.1) is 11.8 Å². The lowest BCUT2D eigenvalue weighted by atomic mass is 9.94. The van der Waals surface area contributed by atoms with Gasteiger partial charge in [0.2, 0.25) is 0 Å². The van der Waals surface area contributed by atoms with E-state index in [0.29, 0.717) is 17.6 Å². The van der Waals surface area contributed by atoms with E-state index in [1.165, 1.54) is 0 Å². The molecule has 1 atom stereocenters. The predicted octanol–water partition coefficient (Wildman–Crippen LogP) is 7.56. The van der Waals surface area contributed by atoms with Crippen LogP contribution in [0.3, 0.4) is 0 Å². The molecule has 0 N–H and O–H groups in total. The highest BCUT2D eigenvalue weighted by Gasteiger charge is 2.25. The number of ketones is 1. The Balaban J connectivity index is 1.44. The van der Waals surface area contributed by atoms with Crippen molar-refractivity contribution in [2.45, 2.75) is 74.9 Å². The van der Waals surface area contributed by atoms with Gasteiger partial charge in [-0.2, -0.15) is 0 Å². The molecule has 0 aliphatic heterocycles. The topological polar surface area (TPSA) is 17.1 Å². The van der Waals surface area contributed by atoms with Gasteiger partial charge in [-0.05, 0) is 72.6 Å². The molecular formula is C25H29FOS2. The van der Waals surface area contributed by atoms with Crippen LogP contribution in [0, 0.1) is 5.82 Å². The third-order valence-corrected chi connectivity index (χ3v) is 6.92. The summed E-state index contributed by atoms with van der Waals surface area (Å²) >= 11 is 7.35. The zero-order chi connectivity index (χ0) is 20.8. The zero-order valence-electron chi connectivity index (χ0n) is 17.2. The number of fused-ring (bicyclic) bond motifs is 1. The van der Waals surface area contributed by atoms with E-state index < -0.39 is 0 Å². The van der Waals surface area contributed by atoms with E-state index in [2.05, 4.69) is 13.8 Å². The third-order valence-electron chi connectivity index (χ3n) is 5.47. The summed E-state index contributed by atoms with van der Waals surface area (Å²) in [5.41, 5.74) is 2.86. The van der Waals surface area contributed by atoms with Gasteiger partial charge in [0, 0.05) is 22.1 Å². The first-order valence-electron chi connectivity index (χ1n) is 10.5. The Kier molecular flexibility index (Phi) is 8.02. The van der Waals surface area contributed by atoms with Crippen LogP contribution in [0.2, 0.25) is 0 Å². The van der Waals surface area contributed by atoms with Crippen LogP contribution in [0.5, 0.6) is 0 Å². The molecule has 2 aromatic carbocycles. The maximum atomic E-state index is 13.9. The molecule has 0 heterocycles. The molecule has 0 saturated carbocycles. The minimum atomic E-state index is -0.0784. The molecule has 0 aromatic heterocycles. The maximum absolute atomic E-state index is 13.9. The zero-order valence-corrected chi connectivity index (χ0v) is 18.9. The summed E-state index contributed by atoms with van der Waals surface area (Å²) in [5.74, 6) is 0.500. The minimum absolute atomic E-state index is 0.0784. The summed E-state index contributed by atoms with van der Waals surface area (Å²) in [6.07, 6.45) is 5.88. The lowest BCUT2D eigenvalue weighted by molar-refractivity contribution is 0.0976. The van der Waals surface area contributed by atoms with Crippen LogP contribution in [0.1, 0.15) is 79.8 Å². The summed E-state index contributed by atoms with van der Waals surface area (Å²) in [5, 5.41) is 0.454. The number of halogens is 1. The molecule has 0 radical (unpaired) electrons. The Morgan fingerprint density at radius 1 is 1.14 bits per heavy atom. The highest BCUT2D eigenvalue weighted by atomic mass is 32.2. The number of thiocarbonyl (C=S) groups is 1. The highest BCUT2D eigenvalue weighted by Crippen LogP contribution is 2.37. The molecule has 0 saturated heterocycles. The fourth-order valence-corrected chi connectivity index (χ4v) is 5.40. The van der Waals surface area contributed by atoms with Gasteiger partial charge in [-0.25, -0.2) is 4.39 Å². The van der Waals surface area contributed by atoms with Gasteiger partial charge in [0.1, 0.15) is 5.82 Å². The quantitative estimate of drug-likeness (QED) is 0.168. The van der Waals surface area contributed by atoms with Crippen LogP contribution in [0.15, 0.2) is 47.4 Å². The average Bonchev–Trinajstić information content (AvgIpc) is 3.09. The number of benzene rings is 2. The number of hydrogen-bond acceptors (Lipinski definition) is 3. The lowest BCUT2D eigenvalue weighted by Gasteiger charge is -2.13. The molecule has 2 aromatic rings. The van der Waals surface area contributed by atoms with E-state index in [1.807, 2.05) is 30.3 Å². The summed E-state index contributed by atoms with van der Waals surface area (Å²) in [7, 11) is 0. The van der Waals surface area contributed by atoms with Crippen LogP contribution in [0.4, 0.5) is 4.39 Å². The second-order valence-electron chi connectivity index (χ2n) is 8.08. The molecule has 29 heavy (non-hydrogen) atoms. The Bertz CT molecular complexity index is 875. The second kappa shape index (κ2) is 10.5. The van der Waals surface area contributed by atoms with Gasteiger partial charge in [0.15, 0.2) is 5.78 Å². The van der Waals surface area contributed by atoms with Crippen molar-refractivity contribution in [3.05, 3.63) is 65.0 Å². The van der Waals surface area contributed by atoms with Crippen LogP contribution in [-0.4, -0.2) is 15.9 Å². The van der Waals surface area contributed by atoms with Crippen molar-refractivity contribution in [3.63, 3.8) is 0 Å². The largest absolute Gasteiger partial charge is 0.294 e. The van der Waals surface area contributed by atoms with E-state index >= 15 is 0 Å². The first-order chi connectivity index (χ1) is 14.0. The molecule has 0 amide bonds. The van der Waals surface area contributed by atoms with E-state index in [-0.39, 0.29) is 11.6 Å². The summed E-state index contributed by atoms with van der Waals surface area (Å²) in [6.45, 7) is 4.29. The average molecular weight is 429 g/mol. The van der Waals surface area contributed by atoms with Crippen molar-refractivity contribution in [1.29, 1.82) is 0 Å². The Morgan fingerprint density at radius 3 is 2.69 bits per heavy atom. The van der Waals surface area contributed by atoms with Crippen molar-refractivity contribution >= 4 is 34.6 Å². The van der Waals surface area contributed by atoms with Crippen molar-refractivity contribution in [1.82, 2.24) is 0 Å². The number of hydrogen-bond donors (Lipinski definition) is 0. The Morgan fingerprint density at radius 2 is 1.90 bits per heavy atom. The van der Waals surface area contributed by atoms with Gasteiger partial charge in [0.25, 0.3) is 0 Å². The normalized spacial score (nSPS) is 15.5. The lowest BCUT2D eigenvalue weighted by Crippen LogP contribution is -2.05. The first-order valence-corrected chi connectivity index (χ1v) is 11.8. The number of Topliss-reactive ketones (excluding diaryl/α,β-unsaturated/α-hetero) is 1. The van der Waals surface area contributed by atoms with Crippen molar-refractivity contribution in [2.75, 3.05) is 0 Å². The van der Waals surface area contributed by atoms with Gasteiger partial charge >= 0.3 is 0 Å². The van der Waals surface area contributed by atoms with Crippen LogP contribution >= 0.6 is 24.0 Å². The number of carbonyl (C=O) groups excluding carboxylic acids is 1. The molecule has 1 aliphatic rings. The fraction of sp³-hybridized carbons (Fsp3) is 0.440. The number of thioether (sulfide) groups is 1.